The summed E-state index contributed by atoms with van der Waals surface area (Å²) >= 11 is 3.41. The smallest absolute Gasteiger partial charge is 0.224 e. The molecule has 0 fully saturated rings. The normalized spacial score (nSPS) is 10.5. The molecule has 1 heterocycles. The fourth-order valence-electron chi connectivity index (χ4n) is 2.27. The first-order valence-electron chi connectivity index (χ1n) is 7.36. The van der Waals surface area contributed by atoms with Crippen LogP contribution in [-0.2, 0) is 17.8 Å². The van der Waals surface area contributed by atoms with Gasteiger partial charge in [0.25, 0.3) is 0 Å². The highest BCUT2D eigenvalue weighted by Gasteiger charge is 2.07. The molecule has 0 aliphatic heterocycles. The lowest BCUT2D eigenvalue weighted by Crippen LogP contribution is -2.24. The van der Waals surface area contributed by atoms with Crippen molar-refractivity contribution in [3.63, 3.8) is 0 Å². The Hall–Kier alpha value is -2.33. The largest absolute Gasteiger partial charge is 0.459 e. The lowest BCUT2D eigenvalue weighted by molar-refractivity contribution is -0.120. The monoisotopic (exact) mass is 369 g/mol. The molecule has 0 aliphatic rings. The van der Waals surface area contributed by atoms with E-state index >= 15 is 0 Å². The number of hydrogen-bond acceptors (Lipinski definition) is 2. The molecule has 1 amide bonds. The van der Waals surface area contributed by atoms with E-state index in [1.165, 1.54) is 0 Å². The van der Waals surface area contributed by atoms with Gasteiger partial charge in [-0.05, 0) is 29.8 Å². The zero-order valence-corrected chi connectivity index (χ0v) is 14.0. The predicted molar refractivity (Wildman–Crippen MR) is 93.8 cm³/mol. The van der Waals surface area contributed by atoms with E-state index in [2.05, 4.69) is 21.2 Å². The molecular formula is C19H16BrNO2. The zero-order valence-electron chi connectivity index (χ0n) is 12.5. The highest BCUT2D eigenvalue weighted by atomic mass is 79.9. The Bertz CT molecular complexity index is 779. The molecule has 3 nitrogen and oxygen atoms in total. The zero-order chi connectivity index (χ0) is 16.1. The summed E-state index contributed by atoms with van der Waals surface area (Å²) in [4.78, 5) is 11.9. The molecule has 0 atom stereocenters. The molecule has 0 bridgehead atoms. The molecular weight excluding hydrogens is 354 g/mol. The van der Waals surface area contributed by atoms with Gasteiger partial charge in [0, 0.05) is 10.0 Å². The van der Waals surface area contributed by atoms with E-state index in [-0.39, 0.29) is 5.91 Å². The van der Waals surface area contributed by atoms with Crippen molar-refractivity contribution < 1.29 is 9.21 Å². The second-order valence-corrected chi connectivity index (χ2v) is 6.13. The number of carbonyl (C=O) groups is 1. The van der Waals surface area contributed by atoms with E-state index in [9.17, 15) is 4.79 Å². The Morgan fingerprint density at radius 2 is 1.70 bits per heavy atom. The van der Waals surface area contributed by atoms with Gasteiger partial charge in [0.1, 0.15) is 11.5 Å². The summed E-state index contributed by atoms with van der Waals surface area (Å²) in [6.45, 7) is 0.391. The minimum Gasteiger partial charge on any atom is -0.459 e. The molecule has 23 heavy (non-hydrogen) atoms. The SMILES string of the molecule is O=C(Cc1ccccc1)NCc1ccc(-c2ccc(Br)cc2)o1. The first-order chi connectivity index (χ1) is 11.2. The average molecular weight is 370 g/mol. The summed E-state index contributed by atoms with van der Waals surface area (Å²) < 4.78 is 6.81. The van der Waals surface area contributed by atoms with E-state index in [0.717, 1.165) is 27.1 Å². The van der Waals surface area contributed by atoms with Crippen LogP contribution in [0.1, 0.15) is 11.3 Å². The summed E-state index contributed by atoms with van der Waals surface area (Å²) in [5, 5.41) is 2.88. The minimum absolute atomic E-state index is 0.0159. The maximum atomic E-state index is 11.9. The second kappa shape index (κ2) is 7.29. The van der Waals surface area contributed by atoms with Crippen LogP contribution in [0.15, 0.2) is 75.6 Å². The van der Waals surface area contributed by atoms with Crippen LogP contribution in [0.3, 0.4) is 0 Å². The standard InChI is InChI=1S/C19H16BrNO2/c20-16-8-6-15(7-9-16)18-11-10-17(23-18)13-21-19(22)12-14-4-2-1-3-5-14/h1-11H,12-13H2,(H,21,22). The van der Waals surface area contributed by atoms with Crippen LogP contribution in [0, 0.1) is 0 Å². The number of halogens is 1. The number of furan rings is 1. The molecule has 4 heteroatoms. The van der Waals surface area contributed by atoms with Crippen molar-refractivity contribution >= 4 is 21.8 Å². The second-order valence-electron chi connectivity index (χ2n) is 5.21. The van der Waals surface area contributed by atoms with Crippen molar-refractivity contribution in [2.24, 2.45) is 0 Å². The maximum Gasteiger partial charge on any atom is 0.224 e. The summed E-state index contributed by atoms with van der Waals surface area (Å²) in [5.41, 5.74) is 2.01. The summed E-state index contributed by atoms with van der Waals surface area (Å²) in [7, 11) is 0. The minimum atomic E-state index is -0.0159. The highest BCUT2D eigenvalue weighted by Crippen LogP contribution is 2.23. The van der Waals surface area contributed by atoms with E-state index in [4.69, 9.17) is 4.42 Å². The van der Waals surface area contributed by atoms with Crippen LogP contribution in [0.25, 0.3) is 11.3 Å². The van der Waals surface area contributed by atoms with Crippen LogP contribution >= 0.6 is 15.9 Å². The van der Waals surface area contributed by atoms with Gasteiger partial charge < -0.3 is 9.73 Å². The van der Waals surface area contributed by atoms with Gasteiger partial charge in [0.15, 0.2) is 0 Å². The number of rotatable bonds is 5. The van der Waals surface area contributed by atoms with Gasteiger partial charge in [0.05, 0.1) is 13.0 Å². The maximum absolute atomic E-state index is 11.9. The third-order valence-corrected chi connectivity index (χ3v) is 3.99. The molecule has 1 aromatic heterocycles. The lowest BCUT2D eigenvalue weighted by Gasteiger charge is -2.03. The number of benzene rings is 2. The van der Waals surface area contributed by atoms with Crippen LogP contribution in [0.5, 0.6) is 0 Å². The van der Waals surface area contributed by atoms with Gasteiger partial charge in [-0.1, -0.05) is 58.4 Å². The predicted octanol–water partition coefficient (Wildman–Crippen LogP) is 4.57. The topological polar surface area (TPSA) is 42.2 Å². The highest BCUT2D eigenvalue weighted by molar-refractivity contribution is 9.10. The third kappa shape index (κ3) is 4.33. The number of carbonyl (C=O) groups excluding carboxylic acids is 1. The van der Waals surface area contributed by atoms with Gasteiger partial charge >= 0.3 is 0 Å². The Morgan fingerprint density at radius 3 is 2.43 bits per heavy atom. The molecule has 0 spiro atoms. The van der Waals surface area contributed by atoms with Crippen LogP contribution in [0.2, 0.25) is 0 Å². The molecule has 0 aliphatic carbocycles. The molecule has 2 aromatic carbocycles. The van der Waals surface area contributed by atoms with Crippen molar-refractivity contribution in [1.82, 2.24) is 5.32 Å². The molecule has 3 aromatic rings. The molecule has 3 rings (SSSR count). The summed E-state index contributed by atoms with van der Waals surface area (Å²) in [6, 6.07) is 21.4. The Morgan fingerprint density at radius 1 is 0.957 bits per heavy atom. The quantitative estimate of drug-likeness (QED) is 0.715. The van der Waals surface area contributed by atoms with Crippen molar-refractivity contribution in [2.45, 2.75) is 13.0 Å². The van der Waals surface area contributed by atoms with Crippen LogP contribution < -0.4 is 5.32 Å². The van der Waals surface area contributed by atoms with Gasteiger partial charge in [-0.25, -0.2) is 0 Å². The van der Waals surface area contributed by atoms with E-state index in [0.29, 0.717) is 13.0 Å². The Kier molecular flexibility index (Phi) is 4.93. The van der Waals surface area contributed by atoms with Crippen LogP contribution in [-0.4, -0.2) is 5.91 Å². The fourth-order valence-corrected chi connectivity index (χ4v) is 2.54. The van der Waals surface area contributed by atoms with E-state index in [1.54, 1.807) is 0 Å². The summed E-state index contributed by atoms with van der Waals surface area (Å²) in [5.74, 6) is 1.52. The number of hydrogen-bond donors (Lipinski definition) is 1. The van der Waals surface area contributed by atoms with Crippen molar-refractivity contribution in [1.29, 1.82) is 0 Å². The number of amides is 1. The molecule has 0 radical (unpaired) electrons. The first kappa shape index (κ1) is 15.6. The van der Waals surface area contributed by atoms with E-state index in [1.807, 2.05) is 66.7 Å². The number of nitrogens with one attached hydrogen (secondary N) is 1. The fraction of sp³-hybridized carbons (Fsp3) is 0.105. The summed E-state index contributed by atoms with van der Waals surface area (Å²) in [6.07, 6.45) is 0.376. The van der Waals surface area contributed by atoms with Crippen molar-refractivity contribution in [3.05, 3.63) is 82.5 Å². The Balaban J connectivity index is 1.57. The van der Waals surface area contributed by atoms with Gasteiger partial charge in [-0.3, -0.25) is 4.79 Å². The third-order valence-electron chi connectivity index (χ3n) is 3.46. The van der Waals surface area contributed by atoms with Gasteiger partial charge in [0.2, 0.25) is 5.91 Å². The van der Waals surface area contributed by atoms with Gasteiger partial charge in [-0.15, -0.1) is 0 Å². The molecule has 0 saturated heterocycles. The average Bonchev–Trinajstić information content (AvgIpc) is 3.04. The van der Waals surface area contributed by atoms with Crippen molar-refractivity contribution in [2.75, 3.05) is 0 Å². The van der Waals surface area contributed by atoms with E-state index < -0.39 is 0 Å². The molecule has 1 N–H and O–H groups in total. The Labute approximate surface area is 143 Å². The lowest BCUT2D eigenvalue weighted by atomic mass is 10.1. The molecule has 116 valence electrons. The van der Waals surface area contributed by atoms with Crippen molar-refractivity contribution in [3.8, 4) is 11.3 Å². The van der Waals surface area contributed by atoms with Gasteiger partial charge in [-0.2, -0.15) is 0 Å². The first-order valence-corrected chi connectivity index (χ1v) is 8.15. The van der Waals surface area contributed by atoms with Crippen LogP contribution in [0.4, 0.5) is 0 Å². The molecule has 0 saturated carbocycles. The molecule has 0 unspecified atom stereocenters.